The van der Waals surface area contributed by atoms with Crippen LogP contribution in [0.5, 0.6) is 0 Å². The highest BCUT2D eigenvalue weighted by molar-refractivity contribution is 7.91. The summed E-state index contributed by atoms with van der Waals surface area (Å²) in [5, 5.41) is -0.00160. The lowest BCUT2D eigenvalue weighted by atomic mass is 9.75. The van der Waals surface area contributed by atoms with Gasteiger partial charge in [-0.25, -0.2) is 8.42 Å². The molecule has 2 rings (SSSR count). The van der Waals surface area contributed by atoms with E-state index in [1.165, 1.54) is 13.8 Å². The molecule has 0 bridgehead atoms. The Kier molecular flexibility index (Phi) is 15.3. The maximum atomic E-state index is 13.9. The molecule has 0 fully saturated rings. The number of hydrogen-bond acceptors (Lipinski definition) is 9. The van der Waals surface area contributed by atoms with Crippen LogP contribution in [0, 0.1) is 5.41 Å². The Hall–Kier alpha value is -3.02. The molecule has 9 nitrogen and oxygen atoms in total. The predicted molar refractivity (Wildman–Crippen MR) is 195 cm³/mol. The minimum atomic E-state index is -3.38. The van der Waals surface area contributed by atoms with Crippen molar-refractivity contribution in [1.82, 2.24) is 0 Å². The van der Waals surface area contributed by atoms with Gasteiger partial charge in [0.25, 0.3) is 0 Å². The number of ether oxygens (including phenoxy) is 3. The van der Waals surface area contributed by atoms with Crippen molar-refractivity contribution < 1.29 is 41.4 Å². The van der Waals surface area contributed by atoms with E-state index in [1.54, 1.807) is 0 Å². The molecule has 0 saturated heterocycles. The molecule has 49 heavy (non-hydrogen) atoms. The van der Waals surface area contributed by atoms with Crippen LogP contribution in [0.25, 0.3) is 0 Å². The van der Waals surface area contributed by atoms with Gasteiger partial charge < -0.3 is 18.6 Å². The highest BCUT2D eigenvalue weighted by Crippen LogP contribution is 2.37. The van der Waals surface area contributed by atoms with Crippen LogP contribution < -0.4 is 0 Å². The summed E-state index contributed by atoms with van der Waals surface area (Å²) in [5.41, 5.74) is 0.810. The van der Waals surface area contributed by atoms with Gasteiger partial charge in [0.1, 0.15) is 19.3 Å². The van der Waals surface area contributed by atoms with E-state index >= 15 is 0 Å². The van der Waals surface area contributed by atoms with Crippen LogP contribution in [-0.4, -0.2) is 65.5 Å². The Morgan fingerprint density at radius 1 is 0.816 bits per heavy atom. The van der Waals surface area contributed by atoms with Crippen molar-refractivity contribution in [1.29, 1.82) is 0 Å². The number of carbonyl (C=O) groups excluding carboxylic acids is 3. The summed E-state index contributed by atoms with van der Waals surface area (Å²) in [4.78, 5) is 37.1. The summed E-state index contributed by atoms with van der Waals surface area (Å²) in [6.07, 6.45) is 1.16. The van der Waals surface area contributed by atoms with Crippen LogP contribution in [0.1, 0.15) is 91.3 Å². The van der Waals surface area contributed by atoms with Crippen molar-refractivity contribution in [2.45, 2.75) is 117 Å². The number of benzene rings is 2. The standard InChI is InChI=1S/C38H58O9SSi/c1-29(39)44-27-34(47-30(2)40)25-32-18-14-19-33(24-32)38(8,35(41)45-26-31-16-12-11-13-17-31)21-15-20-37(6,7)28-48(42,43)23-22-46-49(9,10)36(3,4)5/h11-14,16-19,24,34H,15,20-23,25-28H2,1-10H3/t34-,38+/m0/s1. The molecule has 0 radical (unpaired) electrons. The van der Waals surface area contributed by atoms with Crippen molar-refractivity contribution in [2.75, 3.05) is 24.7 Å². The molecule has 0 amide bonds. The molecule has 0 saturated carbocycles. The van der Waals surface area contributed by atoms with E-state index in [1.807, 2.05) is 75.4 Å². The van der Waals surface area contributed by atoms with Gasteiger partial charge in [0, 0.05) is 26.9 Å². The average molecular weight is 719 g/mol. The maximum absolute atomic E-state index is 13.9. The summed E-state index contributed by atoms with van der Waals surface area (Å²) in [5.74, 6) is -1.36. The lowest BCUT2D eigenvalue weighted by molar-refractivity contribution is -0.156. The third kappa shape index (κ3) is 14.4. The molecule has 0 aliphatic rings. The monoisotopic (exact) mass is 718 g/mol. The van der Waals surface area contributed by atoms with Crippen molar-refractivity contribution in [3.8, 4) is 0 Å². The molecule has 2 atom stereocenters. The smallest absolute Gasteiger partial charge is 0.316 e. The number of esters is 3. The van der Waals surface area contributed by atoms with E-state index in [9.17, 15) is 22.8 Å². The van der Waals surface area contributed by atoms with E-state index < -0.39 is 53.0 Å². The van der Waals surface area contributed by atoms with Crippen molar-refractivity contribution >= 4 is 36.1 Å². The predicted octanol–water partition coefficient (Wildman–Crippen LogP) is 7.36. The topological polar surface area (TPSA) is 122 Å². The lowest BCUT2D eigenvalue weighted by Crippen LogP contribution is -2.42. The second-order valence-corrected chi connectivity index (χ2v) is 22.5. The van der Waals surface area contributed by atoms with Crippen molar-refractivity contribution in [3.63, 3.8) is 0 Å². The molecule has 2 aromatic rings. The normalized spacial score (nSPS) is 14.4. The minimum absolute atomic E-state index is 0.00160. The third-order valence-electron chi connectivity index (χ3n) is 9.30. The zero-order valence-electron chi connectivity index (χ0n) is 31.2. The van der Waals surface area contributed by atoms with Gasteiger partial charge in [-0.05, 0) is 60.0 Å². The van der Waals surface area contributed by atoms with Crippen LogP contribution >= 0.6 is 0 Å². The first-order chi connectivity index (χ1) is 22.6. The minimum Gasteiger partial charge on any atom is -0.462 e. The third-order valence-corrected chi connectivity index (χ3v) is 15.8. The van der Waals surface area contributed by atoms with Gasteiger partial charge in [0.15, 0.2) is 18.2 Å². The average Bonchev–Trinajstić information content (AvgIpc) is 2.97. The molecular formula is C38H58O9SSi. The molecule has 11 heteroatoms. The van der Waals surface area contributed by atoms with Gasteiger partial charge >= 0.3 is 17.9 Å². The van der Waals surface area contributed by atoms with Gasteiger partial charge in [-0.15, -0.1) is 0 Å². The molecule has 0 unspecified atom stereocenters. The Bertz CT molecular complexity index is 1500. The summed E-state index contributed by atoms with van der Waals surface area (Å²) in [7, 11) is -5.44. The summed E-state index contributed by atoms with van der Waals surface area (Å²) in [6, 6.07) is 16.9. The molecule has 274 valence electrons. The molecule has 0 spiro atoms. The van der Waals surface area contributed by atoms with Crippen molar-refractivity contribution in [2.24, 2.45) is 5.41 Å². The maximum Gasteiger partial charge on any atom is 0.316 e. The highest BCUT2D eigenvalue weighted by Gasteiger charge is 2.39. The number of carbonyl (C=O) groups is 3. The number of hydrogen-bond donors (Lipinski definition) is 0. The fourth-order valence-electron chi connectivity index (χ4n) is 5.43. The van der Waals surface area contributed by atoms with Crippen LogP contribution in [0.2, 0.25) is 18.1 Å². The van der Waals surface area contributed by atoms with Crippen LogP contribution in [0.3, 0.4) is 0 Å². The summed E-state index contributed by atoms with van der Waals surface area (Å²) >= 11 is 0. The second kappa shape index (κ2) is 17.8. The first-order valence-electron chi connectivity index (χ1n) is 17.0. The Labute approximate surface area is 295 Å². The Morgan fingerprint density at radius 2 is 1.45 bits per heavy atom. The number of sulfone groups is 1. The fourth-order valence-corrected chi connectivity index (χ4v) is 8.44. The first kappa shape index (κ1) is 42.1. The molecule has 0 aliphatic heterocycles. The van der Waals surface area contributed by atoms with E-state index in [0.29, 0.717) is 19.3 Å². The zero-order valence-corrected chi connectivity index (χ0v) is 33.0. The Morgan fingerprint density at radius 3 is 2.04 bits per heavy atom. The molecule has 0 N–H and O–H groups in total. The molecule has 0 heterocycles. The van der Waals surface area contributed by atoms with E-state index in [2.05, 4.69) is 33.9 Å². The van der Waals surface area contributed by atoms with Gasteiger partial charge in [0.2, 0.25) is 0 Å². The Balaban J connectivity index is 2.24. The van der Waals surface area contributed by atoms with E-state index in [-0.39, 0.29) is 42.8 Å². The fraction of sp³-hybridized carbons (Fsp3) is 0.605. The van der Waals surface area contributed by atoms with Crippen molar-refractivity contribution in [3.05, 3.63) is 71.3 Å². The SMILES string of the molecule is CC(=O)OC[C@H](Cc1cccc([C@@](C)(CCCC(C)(C)CS(=O)(=O)CCO[Si](C)(C)C(C)(C)C)C(=O)OCc2ccccc2)c1)OC(C)=O. The van der Waals surface area contributed by atoms with Gasteiger partial charge in [0.05, 0.1) is 16.9 Å². The lowest BCUT2D eigenvalue weighted by Gasteiger charge is -2.36. The molecule has 0 aromatic heterocycles. The molecule has 0 aliphatic carbocycles. The van der Waals surface area contributed by atoms with Crippen LogP contribution in [0.4, 0.5) is 0 Å². The van der Waals surface area contributed by atoms with Gasteiger partial charge in [-0.1, -0.05) is 95.6 Å². The quantitative estimate of drug-likeness (QED) is 0.0833. The van der Waals surface area contributed by atoms with Crippen LogP contribution in [0.15, 0.2) is 54.6 Å². The van der Waals surface area contributed by atoms with Gasteiger partial charge in [-0.2, -0.15) is 0 Å². The van der Waals surface area contributed by atoms with E-state index in [0.717, 1.165) is 16.7 Å². The largest absolute Gasteiger partial charge is 0.462 e. The second-order valence-electron chi connectivity index (χ2n) is 15.6. The summed E-state index contributed by atoms with van der Waals surface area (Å²) in [6.45, 7) is 19.2. The zero-order chi connectivity index (χ0) is 37.1. The number of rotatable bonds is 19. The molecule has 2 aromatic carbocycles. The molecular weight excluding hydrogens is 661 g/mol. The first-order valence-corrected chi connectivity index (χ1v) is 21.7. The van der Waals surface area contributed by atoms with E-state index in [4.69, 9.17) is 18.6 Å². The van der Waals surface area contributed by atoms with Gasteiger partial charge in [-0.3, -0.25) is 14.4 Å². The summed E-state index contributed by atoms with van der Waals surface area (Å²) < 4.78 is 48.9. The highest BCUT2D eigenvalue weighted by atomic mass is 32.2. The van der Waals surface area contributed by atoms with Crippen LogP contribution in [-0.2, 0) is 61.3 Å².